The molecular formula is C14H20BrClN2. The molecule has 0 bridgehead atoms. The second-order valence-corrected chi connectivity index (χ2v) is 6.08. The lowest BCUT2D eigenvalue weighted by molar-refractivity contribution is 0.516. The summed E-state index contributed by atoms with van der Waals surface area (Å²) < 4.78 is 1.02. The van der Waals surface area contributed by atoms with Gasteiger partial charge in [0, 0.05) is 13.1 Å². The molecule has 0 aliphatic carbocycles. The average Bonchev–Trinajstić information content (AvgIpc) is 2.82. The minimum atomic E-state index is 0.752. The Labute approximate surface area is 123 Å². The Kier molecular flexibility index (Phi) is 5.34. The van der Waals surface area contributed by atoms with Crippen molar-refractivity contribution in [2.24, 2.45) is 5.92 Å². The van der Waals surface area contributed by atoms with E-state index in [0.717, 1.165) is 41.6 Å². The van der Waals surface area contributed by atoms with Gasteiger partial charge in [-0.15, -0.1) is 0 Å². The molecule has 1 atom stereocenters. The Morgan fingerprint density at radius 1 is 1.50 bits per heavy atom. The molecular weight excluding hydrogens is 312 g/mol. The van der Waals surface area contributed by atoms with Crippen LogP contribution in [0, 0.1) is 5.92 Å². The van der Waals surface area contributed by atoms with Crippen LogP contribution in [0.15, 0.2) is 22.7 Å². The Hall–Kier alpha value is -0.250. The van der Waals surface area contributed by atoms with E-state index in [4.69, 9.17) is 11.6 Å². The van der Waals surface area contributed by atoms with E-state index in [1.807, 2.05) is 12.1 Å². The zero-order valence-corrected chi connectivity index (χ0v) is 13.1. The fourth-order valence-electron chi connectivity index (χ4n) is 2.44. The zero-order chi connectivity index (χ0) is 13.0. The van der Waals surface area contributed by atoms with Crippen LogP contribution in [0.2, 0.25) is 5.02 Å². The summed E-state index contributed by atoms with van der Waals surface area (Å²) >= 11 is 9.73. The first-order chi connectivity index (χ1) is 8.72. The lowest BCUT2D eigenvalue weighted by Gasteiger charge is -2.21. The molecule has 1 aliphatic heterocycles. The maximum absolute atomic E-state index is 6.15. The van der Waals surface area contributed by atoms with Crippen LogP contribution in [-0.4, -0.2) is 26.2 Å². The van der Waals surface area contributed by atoms with E-state index in [1.54, 1.807) is 0 Å². The van der Waals surface area contributed by atoms with E-state index < -0.39 is 0 Å². The molecule has 18 heavy (non-hydrogen) atoms. The van der Waals surface area contributed by atoms with Crippen LogP contribution in [0.25, 0.3) is 0 Å². The van der Waals surface area contributed by atoms with E-state index in [0.29, 0.717) is 0 Å². The normalized spacial score (nSPS) is 19.5. The van der Waals surface area contributed by atoms with Crippen molar-refractivity contribution < 1.29 is 0 Å². The van der Waals surface area contributed by atoms with E-state index in [1.165, 1.54) is 18.5 Å². The summed E-state index contributed by atoms with van der Waals surface area (Å²) in [4.78, 5) is 2.42. The second kappa shape index (κ2) is 6.78. The molecule has 0 amide bonds. The molecule has 1 aromatic carbocycles. The molecule has 1 unspecified atom stereocenters. The van der Waals surface area contributed by atoms with Gasteiger partial charge >= 0.3 is 0 Å². The standard InChI is InChI=1S/C14H20BrClN2/c1-2-7-17-9-11-6-8-18(10-11)13-5-3-4-12(16)14(13)15/h3-5,11,17H,2,6-10H2,1H3. The molecule has 0 spiro atoms. The quantitative estimate of drug-likeness (QED) is 0.823. The molecule has 0 saturated carbocycles. The van der Waals surface area contributed by atoms with Gasteiger partial charge in [0.2, 0.25) is 0 Å². The highest BCUT2D eigenvalue weighted by Crippen LogP contribution is 2.35. The van der Waals surface area contributed by atoms with Crippen molar-refractivity contribution in [1.82, 2.24) is 5.32 Å². The SMILES string of the molecule is CCCNCC1CCN(c2cccc(Cl)c2Br)C1. The van der Waals surface area contributed by atoms with Crippen LogP contribution >= 0.6 is 27.5 Å². The predicted molar refractivity (Wildman–Crippen MR) is 82.6 cm³/mol. The van der Waals surface area contributed by atoms with Gasteiger partial charge in [0.25, 0.3) is 0 Å². The molecule has 4 heteroatoms. The monoisotopic (exact) mass is 330 g/mol. The summed E-state index contributed by atoms with van der Waals surface area (Å²) in [5.74, 6) is 0.752. The minimum absolute atomic E-state index is 0.752. The number of hydrogen-bond acceptors (Lipinski definition) is 2. The van der Waals surface area contributed by atoms with Gasteiger partial charge in [-0.1, -0.05) is 24.6 Å². The summed E-state index contributed by atoms with van der Waals surface area (Å²) in [5.41, 5.74) is 1.22. The van der Waals surface area contributed by atoms with Crippen molar-refractivity contribution in [1.29, 1.82) is 0 Å². The summed E-state index contributed by atoms with van der Waals surface area (Å²) in [7, 11) is 0. The van der Waals surface area contributed by atoms with Gasteiger partial charge < -0.3 is 10.2 Å². The molecule has 1 fully saturated rings. The average molecular weight is 332 g/mol. The molecule has 1 saturated heterocycles. The van der Waals surface area contributed by atoms with Crippen molar-refractivity contribution in [3.05, 3.63) is 27.7 Å². The summed E-state index contributed by atoms with van der Waals surface area (Å²) in [6.07, 6.45) is 2.46. The first-order valence-electron chi connectivity index (χ1n) is 6.62. The van der Waals surface area contributed by atoms with E-state index in [9.17, 15) is 0 Å². The number of rotatable bonds is 5. The Bertz CT molecular complexity index is 397. The van der Waals surface area contributed by atoms with Gasteiger partial charge in [-0.2, -0.15) is 0 Å². The summed E-state index contributed by atoms with van der Waals surface area (Å²) in [6.45, 7) is 6.70. The Morgan fingerprint density at radius 2 is 2.33 bits per heavy atom. The van der Waals surface area contributed by atoms with Gasteiger partial charge in [0.1, 0.15) is 0 Å². The second-order valence-electron chi connectivity index (χ2n) is 4.88. The smallest absolute Gasteiger partial charge is 0.0595 e. The predicted octanol–water partition coefficient (Wildman–Crippen LogP) is 3.93. The van der Waals surface area contributed by atoms with Crippen molar-refractivity contribution >= 4 is 33.2 Å². The van der Waals surface area contributed by atoms with E-state index in [2.05, 4.69) is 39.1 Å². The van der Waals surface area contributed by atoms with E-state index in [-0.39, 0.29) is 0 Å². The topological polar surface area (TPSA) is 15.3 Å². The van der Waals surface area contributed by atoms with Gasteiger partial charge in [-0.05, 0) is 59.9 Å². The highest BCUT2D eigenvalue weighted by Gasteiger charge is 2.23. The van der Waals surface area contributed by atoms with E-state index >= 15 is 0 Å². The molecule has 1 N–H and O–H groups in total. The lowest BCUT2D eigenvalue weighted by atomic mass is 10.1. The first-order valence-corrected chi connectivity index (χ1v) is 7.79. The molecule has 1 heterocycles. The molecule has 100 valence electrons. The summed E-state index contributed by atoms with van der Waals surface area (Å²) in [5, 5.41) is 4.30. The third-order valence-electron chi connectivity index (χ3n) is 3.42. The number of nitrogens with zero attached hydrogens (tertiary/aromatic N) is 1. The number of hydrogen-bond donors (Lipinski definition) is 1. The fourth-order valence-corrected chi connectivity index (χ4v) is 3.12. The minimum Gasteiger partial charge on any atom is -0.370 e. The first kappa shape index (κ1) is 14.2. The molecule has 0 radical (unpaired) electrons. The number of halogens is 2. The van der Waals surface area contributed by atoms with Crippen molar-refractivity contribution in [3.8, 4) is 0 Å². The van der Waals surface area contributed by atoms with Crippen LogP contribution < -0.4 is 10.2 Å². The zero-order valence-electron chi connectivity index (χ0n) is 10.8. The van der Waals surface area contributed by atoms with Crippen LogP contribution in [-0.2, 0) is 0 Å². The fraction of sp³-hybridized carbons (Fsp3) is 0.571. The van der Waals surface area contributed by atoms with Gasteiger partial charge in [-0.3, -0.25) is 0 Å². The maximum Gasteiger partial charge on any atom is 0.0595 e. The lowest BCUT2D eigenvalue weighted by Crippen LogP contribution is -2.27. The Morgan fingerprint density at radius 3 is 3.11 bits per heavy atom. The van der Waals surface area contributed by atoms with Crippen LogP contribution in [0.4, 0.5) is 5.69 Å². The van der Waals surface area contributed by atoms with Gasteiger partial charge in [0.05, 0.1) is 15.2 Å². The molecule has 1 aliphatic rings. The number of benzene rings is 1. The highest BCUT2D eigenvalue weighted by molar-refractivity contribution is 9.10. The largest absolute Gasteiger partial charge is 0.370 e. The number of anilines is 1. The maximum atomic E-state index is 6.15. The van der Waals surface area contributed by atoms with Crippen LogP contribution in [0.3, 0.4) is 0 Å². The van der Waals surface area contributed by atoms with Crippen LogP contribution in [0.5, 0.6) is 0 Å². The highest BCUT2D eigenvalue weighted by atomic mass is 79.9. The molecule has 1 aromatic rings. The van der Waals surface area contributed by atoms with Gasteiger partial charge in [0.15, 0.2) is 0 Å². The van der Waals surface area contributed by atoms with Gasteiger partial charge in [-0.25, -0.2) is 0 Å². The van der Waals surface area contributed by atoms with Crippen LogP contribution in [0.1, 0.15) is 19.8 Å². The van der Waals surface area contributed by atoms with Crippen molar-refractivity contribution in [3.63, 3.8) is 0 Å². The Balaban J connectivity index is 1.94. The molecule has 2 nitrogen and oxygen atoms in total. The number of nitrogens with one attached hydrogen (secondary N) is 1. The van der Waals surface area contributed by atoms with Crippen molar-refractivity contribution in [2.75, 3.05) is 31.1 Å². The summed E-state index contributed by atoms with van der Waals surface area (Å²) in [6, 6.07) is 6.08. The molecule has 0 aromatic heterocycles. The van der Waals surface area contributed by atoms with Crippen molar-refractivity contribution in [2.45, 2.75) is 19.8 Å². The third-order valence-corrected chi connectivity index (χ3v) is 4.79. The third kappa shape index (κ3) is 3.40. The molecule has 2 rings (SSSR count).